The average molecular weight is 248 g/mol. The molecule has 1 amide bonds. The standard InChI is InChI=1S/C9H16N2O4S/c1-2-6-5-16(15,11-8(6)12)4-3-7(10)9(13)14/h6-7H,2-5,10H2,1H3,(H,13,14). The number of carbonyl (C=O) groups excluding carboxylic acids is 2. The van der Waals surface area contributed by atoms with Gasteiger partial charge in [0.05, 0.1) is 21.6 Å². The molecule has 3 atom stereocenters. The average Bonchev–Trinajstić information content (AvgIpc) is 2.50. The van der Waals surface area contributed by atoms with Crippen molar-refractivity contribution in [3.63, 3.8) is 0 Å². The van der Waals surface area contributed by atoms with Crippen LogP contribution in [0.4, 0.5) is 0 Å². The summed E-state index contributed by atoms with van der Waals surface area (Å²) in [4.78, 5) is 21.7. The van der Waals surface area contributed by atoms with E-state index in [0.29, 0.717) is 6.42 Å². The molecule has 1 aliphatic heterocycles. The van der Waals surface area contributed by atoms with Crippen molar-refractivity contribution < 1.29 is 24.6 Å². The van der Waals surface area contributed by atoms with Crippen molar-refractivity contribution in [2.75, 3.05) is 11.5 Å². The Hall–Kier alpha value is -0.950. The second-order valence-corrected chi connectivity index (χ2v) is 6.45. The smallest absolute Gasteiger partial charge is 0.257 e. The normalized spacial score (nSPS) is 31.1. The van der Waals surface area contributed by atoms with Gasteiger partial charge in [-0.1, -0.05) is 6.92 Å². The van der Waals surface area contributed by atoms with E-state index in [4.69, 9.17) is 0 Å². The number of carboxylic acid groups (broad SMARTS) is 1. The molecule has 0 saturated heterocycles. The lowest BCUT2D eigenvalue weighted by molar-refractivity contribution is -0.437. The molecule has 0 aromatic carbocycles. The van der Waals surface area contributed by atoms with E-state index in [1.807, 2.05) is 6.92 Å². The molecule has 1 rings (SSSR count). The fourth-order valence-corrected chi connectivity index (χ4v) is 4.00. The molecule has 0 aromatic heterocycles. The van der Waals surface area contributed by atoms with Gasteiger partial charge in [-0.2, -0.15) is 4.36 Å². The van der Waals surface area contributed by atoms with Gasteiger partial charge in [-0.25, -0.2) is 4.21 Å². The zero-order valence-electron chi connectivity index (χ0n) is 9.18. The van der Waals surface area contributed by atoms with Crippen LogP contribution in [0.25, 0.3) is 0 Å². The number of hydrogen-bond donors (Lipinski definition) is 1. The Bertz CT molecular complexity index is 412. The van der Waals surface area contributed by atoms with E-state index in [9.17, 15) is 18.9 Å². The highest BCUT2D eigenvalue weighted by molar-refractivity contribution is 7.94. The summed E-state index contributed by atoms with van der Waals surface area (Å²) in [7, 11) is -2.55. The molecule has 92 valence electrons. The Morgan fingerprint density at radius 3 is 2.81 bits per heavy atom. The molecule has 0 spiro atoms. The largest absolute Gasteiger partial charge is 0.544 e. The number of amides is 1. The summed E-state index contributed by atoms with van der Waals surface area (Å²) in [6, 6.07) is -0.899. The number of nitrogens with zero attached hydrogens (tertiary/aromatic N) is 1. The van der Waals surface area contributed by atoms with Gasteiger partial charge in [0.15, 0.2) is 0 Å². The van der Waals surface area contributed by atoms with Crippen molar-refractivity contribution in [2.45, 2.75) is 25.8 Å². The fourth-order valence-electron chi connectivity index (χ4n) is 1.53. The summed E-state index contributed by atoms with van der Waals surface area (Å²) in [5.41, 5.74) is 3.37. The van der Waals surface area contributed by atoms with E-state index in [1.54, 1.807) is 0 Å². The predicted octanol–water partition coefficient (Wildman–Crippen LogP) is -2.23. The SMILES string of the molecule is CCC1CS(=O)(CCC([NH3+])C(=O)[O-])=NC1=O. The molecule has 0 aromatic rings. The van der Waals surface area contributed by atoms with Gasteiger partial charge >= 0.3 is 0 Å². The Morgan fingerprint density at radius 1 is 1.75 bits per heavy atom. The maximum atomic E-state index is 12.1. The van der Waals surface area contributed by atoms with Crippen LogP contribution in [-0.4, -0.2) is 33.6 Å². The highest BCUT2D eigenvalue weighted by Gasteiger charge is 2.31. The Morgan fingerprint density at radius 2 is 2.38 bits per heavy atom. The van der Waals surface area contributed by atoms with Gasteiger partial charge < -0.3 is 15.6 Å². The van der Waals surface area contributed by atoms with Gasteiger partial charge in [-0.15, -0.1) is 0 Å². The van der Waals surface area contributed by atoms with E-state index in [0.717, 1.165) is 0 Å². The number of carboxylic acids is 1. The molecule has 1 heterocycles. The van der Waals surface area contributed by atoms with Crippen LogP contribution in [0, 0.1) is 5.92 Å². The molecule has 3 N–H and O–H groups in total. The first-order valence-electron chi connectivity index (χ1n) is 5.18. The van der Waals surface area contributed by atoms with E-state index in [1.165, 1.54) is 0 Å². The first-order chi connectivity index (χ1) is 7.38. The quantitative estimate of drug-likeness (QED) is 0.593. The van der Waals surface area contributed by atoms with Crippen molar-refractivity contribution in [3.05, 3.63) is 0 Å². The van der Waals surface area contributed by atoms with Gasteiger partial charge in [-0.05, 0) is 6.42 Å². The fraction of sp³-hybridized carbons (Fsp3) is 0.778. The lowest BCUT2D eigenvalue weighted by atomic mass is 10.1. The Balaban J connectivity index is 2.62. The molecule has 0 fully saturated rings. The number of quaternary nitrogens is 1. The van der Waals surface area contributed by atoms with Crippen molar-refractivity contribution in [2.24, 2.45) is 10.3 Å². The van der Waals surface area contributed by atoms with Crippen molar-refractivity contribution in [1.29, 1.82) is 0 Å². The lowest BCUT2D eigenvalue weighted by Crippen LogP contribution is -2.68. The van der Waals surface area contributed by atoms with Crippen molar-refractivity contribution >= 4 is 21.6 Å². The van der Waals surface area contributed by atoms with E-state index in [-0.39, 0.29) is 29.8 Å². The van der Waals surface area contributed by atoms with E-state index in [2.05, 4.69) is 10.1 Å². The van der Waals surface area contributed by atoms with Gasteiger partial charge in [0, 0.05) is 17.9 Å². The zero-order valence-corrected chi connectivity index (χ0v) is 10.00. The van der Waals surface area contributed by atoms with Crippen LogP contribution in [0.15, 0.2) is 4.36 Å². The summed E-state index contributed by atoms with van der Waals surface area (Å²) < 4.78 is 15.7. The second-order valence-electron chi connectivity index (χ2n) is 3.98. The van der Waals surface area contributed by atoms with Crippen LogP contribution >= 0.6 is 0 Å². The van der Waals surface area contributed by atoms with E-state index >= 15 is 0 Å². The molecule has 1 aliphatic rings. The van der Waals surface area contributed by atoms with Gasteiger partial charge in [0.2, 0.25) is 0 Å². The van der Waals surface area contributed by atoms with Gasteiger partial charge in [0.25, 0.3) is 5.91 Å². The molecular weight excluding hydrogens is 232 g/mol. The monoisotopic (exact) mass is 248 g/mol. The Labute approximate surface area is 94.4 Å². The third kappa shape index (κ3) is 3.02. The maximum absolute atomic E-state index is 12.1. The van der Waals surface area contributed by atoms with E-state index < -0.39 is 21.7 Å². The molecule has 16 heavy (non-hydrogen) atoms. The third-order valence-electron chi connectivity index (χ3n) is 2.68. The highest BCUT2D eigenvalue weighted by Crippen LogP contribution is 2.20. The molecule has 6 nitrogen and oxygen atoms in total. The van der Waals surface area contributed by atoms with Gasteiger partial charge in [0.1, 0.15) is 6.04 Å². The zero-order chi connectivity index (χ0) is 12.3. The summed E-state index contributed by atoms with van der Waals surface area (Å²) in [6.07, 6.45) is 0.752. The van der Waals surface area contributed by atoms with Crippen molar-refractivity contribution in [1.82, 2.24) is 0 Å². The second kappa shape index (κ2) is 4.92. The first kappa shape index (κ1) is 13.1. The van der Waals surface area contributed by atoms with Crippen LogP contribution in [0.2, 0.25) is 0 Å². The number of carbonyl (C=O) groups is 2. The summed E-state index contributed by atoms with van der Waals surface area (Å²) in [5.74, 6) is -1.49. The molecule has 3 unspecified atom stereocenters. The molecule has 0 saturated carbocycles. The lowest BCUT2D eigenvalue weighted by Gasteiger charge is -2.10. The number of rotatable bonds is 5. The molecule has 0 aliphatic carbocycles. The minimum atomic E-state index is -2.55. The first-order valence-corrected chi connectivity index (χ1v) is 7.03. The van der Waals surface area contributed by atoms with Crippen LogP contribution in [0.5, 0.6) is 0 Å². The minimum absolute atomic E-state index is 0.109. The van der Waals surface area contributed by atoms with Crippen molar-refractivity contribution in [3.8, 4) is 0 Å². The molecule has 0 bridgehead atoms. The van der Waals surface area contributed by atoms with Crippen LogP contribution in [0.3, 0.4) is 0 Å². The van der Waals surface area contributed by atoms with Crippen LogP contribution < -0.4 is 10.8 Å². The number of hydrogen-bond acceptors (Lipinski definition) is 4. The molecule has 7 heteroatoms. The highest BCUT2D eigenvalue weighted by atomic mass is 32.2. The maximum Gasteiger partial charge on any atom is 0.257 e. The predicted molar refractivity (Wildman–Crippen MR) is 55.4 cm³/mol. The number of aliphatic carboxylic acids is 1. The summed E-state index contributed by atoms with van der Waals surface area (Å²) in [6.45, 7) is 1.84. The third-order valence-corrected chi connectivity index (χ3v) is 4.99. The van der Waals surface area contributed by atoms with Crippen LogP contribution in [0.1, 0.15) is 19.8 Å². The Kier molecular flexibility index (Phi) is 4.03. The van der Waals surface area contributed by atoms with Crippen LogP contribution in [-0.2, 0) is 19.3 Å². The molecular formula is C9H16N2O4S. The summed E-state index contributed by atoms with van der Waals surface area (Å²) >= 11 is 0. The molecule has 0 radical (unpaired) electrons. The topological polar surface area (TPSA) is 114 Å². The minimum Gasteiger partial charge on any atom is -0.544 e. The van der Waals surface area contributed by atoms with Gasteiger partial charge in [-0.3, -0.25) is 4.79 Å². The summed E-state index contributed by atoms with van der Waals surface area (Å²) in [5, 5.41) is 10.4.